The van der Waals surface area contributed by atoms with Crippen molar-refractivity contribution < 1.29 is 29.0 Å². The first-order valence-electron chi connectivity index (χ1n) is 14.6. The van der Waals surface area contributed by atoms with Crippen LogP contribution in [0.5, 0.6) is 0 Å². The molecule has 0 bridgehead atoms. The Bertz CT molecular complexity index is 877. The highest BCUT2D eigenvalue weighted by atomic mass is 16.6. The average molecular weight is 547 g/mol. The van der Waals surface area contributed by atoms with Crippen molar-refractivity contribution in [3.05, 3.63) is 35.9 Å². The molecule has 1 aromatic rings. The number of aliphatic hydroxyl groups excluding tert-OH is 1. The van der Waals surface area contributed by atoms with Gasteiger partial charge in [0.15, 0.2) is 0 Å². The molecule has 1 fully saturated rings. The Hall–Kier alpha value is -2.61. The Balaban J connectivity index is 1.94. The smallest absolute Gasteiger partial charge is 0.407 e. The standard InChI is InChI=1S/C31H50N2O6/c1-22(2)18-25(29(36)32-17-16-28(35)38-21-24-14-10-7-11-15-24)20-27(34)26(19-23-12-8-6-9-13-23)33-30(37)39-31(3,4)5/h7,10-11,14-15,22-23,25-27,34H,6,8-9,12-13,16-21H2,1-5H3,(H,32,36)(H,33,37)/t25-,26+,27+/m1/s1. The van der Waals surface area contributed by atoms with Crippen LogP contribution in [0.4, 0.5) is 4.79 Å². The van der Waals surface area contributed by atoms with E-state index in [1.807, 2.05) is 44.2 Å². The van der Waals surface area contributed by atoms with Crippen molar-refractivity contribution in [3.8, 4) is 0 Å². The minimum atomic E-state index is -0.898. The first-order chi connectivity index (χ1) is 18.4. The minimum Gasteiger partial charge on any atom is -0.461 e. The predicted octanol–water partition coefficient (Wildman–Crippen LogP) is 5.51. The van der Waals surface area contributed by atoms with E-state index in [0.29, 0.717) is 18.8 Å². The number of hydrogen-bond donors (Lipinski definition) is 3. The molecule has 0 heterocycles. The fourth-order valence-electron chi connectivity index (χ4n) is 5.13. The highest BCUT2D eigenvalue weighted by molar-refractivity contribution is 5.79. The summed E-state index contributed by atoms with van der Waals surface area (Å²) in [5.74, 6) is -0.373. The largest absolute Gasteiger partial charge is 0.461 e. The number of carbonyl (C=O) groups is 3. The summed E-state index contributed by atoms with van der Waals surface area (Å²) in [5, 5.41) is 17.0. The Morgan fingerprint density at radius 2 is 1.69 bits per heavy atom. The normalized spacial score (nSPS) is 16.7. The van der Waals surface area contributed by atoms with E-state index in [2.05, 4.69) is 10.6 Å². The summed E-state index contributed by atoms with van der Waals surface area (Å²) in [6.45, 7) is 9.85. The highest BCUT2D eigenvalue weighted by Gasteiger charge is 2.32. The van der Waals surface area contributed by atoms with Gasteiger partial charge < -0.3 is 25.2 Å². The average Bonchev–Trinajstić information content (AvgIpc) is 2.86. The molecular formula is C31H50N2O6. The maximum Gasteiger partial charge on any atom is 0.407 e. The molecule has 3 atom stereocenters. The van der Waals surface area contributed by atoms with Crippen molar-refractivity contribution in [2.24, 2.45) is 17.8 Å². The van der Waals surface area contributed by atoms with Crippen LogP contribution in [0.2, 0.25) is 0 Å². The molecule has 1 aliphatic rings. The molecule has 1 aromatic carbocycles. The maximum atomic E-state index is 13.1. The van der Waals surface area contributed by atoms with E-state index in [4.69, 9.17) is 9.47 Å². The molecule has 39 heavy (non-hydrogen) atoms. The van der Waals surface area contributed by atoms with Crippen molar-refractivity contribution in [1.82, 2.24) is 10.6 Å². The van der Waals surface area contributed by atoms with Gasteiger partial charge in [-0.25, -0.2) is 4.79 Å². The lowest BCUT2D eigenvalue weighted by Crippen LogP contribution is -2.48. The molecule has 0 spiro atoms. The summed E-state index contributed by atoms with van der Waals surface area (Å²) in [5.41, 5.74) is 0.260. The molecule has 0 unspecified atom stereocenters. The van der Waals surface area contributed by atoms with Gasteiger partial charge in [0.05, 0.1) is 18.6 Å². The number of nitrogens with one attached hydrogen (secondary N) is 2. The van der Waals surface area contributed by atoms with E-state index in [1.165, 1.54) is 6.42 Å². The first-order valence-corrected chi connectivity index (χ1v) is 14.6. The van der Waals surface area contributed by atoms with Gasteiger partial charge in [-0.15, -0.1) is 0 Å². The second-order valence-electron chi connectivity index (χ2n) is 12.3. The van der Waals surface area contributed by atoms with Crippen LogP contribution in [-0.2, 0) is 25.7 Å². The number of benzene rings is 1. The van der Waals surface area contributed by atoms with Crippen LogP contribution < -0.4 is 10.6 Å². The van der Waals surface area contributed by atoms with Gasteiger partial charge in [0, 0.05) is 12.5 Å². The van der Waals surface area contributed by atoms with E-state index >= 15 is 0 Å². The third-order valence-electron chi connectivity index (χ3n) is 7.00. The first kappa shape index (κ1) is 32.6. The van der Waals surface area contributed by atoms with E-state index in [1.54, 1.807) is 20.8 Å². The van der Waals surface area contributed by atoms with Gasteiger partial charge >= 0.3 is 12.1 Å². The van der Waals surface area contributed by atoms with E-state index in [9.17, 15) is 19.5 Å². The highest BCUT2D eigenvalue weighted by Crippen LogP contribution is 2.29. The number of rotatable bonds is 14. The molecule has 3 N–H and O–H groups in total. The summed E-state index contributed by atoms with van der Waals surface area (Å²) in [6, 6.07) is 8.94. The van der Waals surface area contributed by atoms with Gasteiger partial charge in [0.1, 0.15) is 12.2 Å². The summed E-state index contributed by atoms with van der Waals surface area (Å²) in [6.07, 6.45) is 5.78. The van der Waals surface area contributed by atoms with Gasteiger partial charge in [0.2, 0.25) is 5.91 Å². The van der Waals surface area contributed by atoms with E-state index < -0.39 is 29.8 Å². The molecule has 0 aromatic heterocycles. The summed E-state index contributed by atoms with van der Waals surface area (Å²) in [4.78, 5) is 37.8. The second kappa shape index (κ2) is 16.5. The zero-order valence-electron chi connectivity index (χ0n) is 24.5. The predicted molar refractivity (Wildman–Crippen MR) is 152 cm³/mol. The van der Waals surface area contributed by atoms with Crippen LogP contribution in [-0.4, -0.2) is 47.4 Å². The Morgan fingerprint density at radius 1 is 1.03 bits per heavy atom. The van der Waals surface area contributed by atoms with Crippen LogP contribution in [0.15, 0.2) is 30.3 Å². The van der Waals surface area contributed by atoms with E-state index in [-0.39, 0.29) is 43.8 Å². The molecule has 8 nitrogen and oxygen atoms in total. The van der Waals surface area contributed by atoms with Crippen molar-refractivity contribution in [1.29, 1.82) is 0 Å². The summed E-state index contributed by atoms with van der Waals surface area (Å²) >= 11 is 0. The quantitative estimate of drug-likeness (QED) is 0.265. The SMILES string of the molecule is CC(C)C[C@H](C[C@H](O)[C@H](CC1CCCCC1)NC(=O)OC(C)(C)C)C(=O)NCCC(=O)OCc1ccccc1. The van der Waals surface area contributed by atoms with Crippen LogP contribution in [0, 0.1) is 17.8 Å². The van der Waals surface area contributed by atoms with Crippen LogP contribution in [0.1, 0.15) is 98.0 Å². The molecule has 1 saturated carbocycles. The number of hydrogen-bond acceptors (Lipinski definition) is 6. The third kappa shape index (κ3) is 13.8. The zero-order chi connectivity index (χ0) is 28.8. The van der Waals surface area contributed by atoms with Gasteiger partial charge in [-0.05, 0) is 57.4 Å². The fraction of sp³-hybridized carbons (Fsp3) is 0.710. The number of aliphatic hydroxyl groups is 1. The number of esters is 1. The van der Waals surface area contributed by atoms with Crippen molar-refractivity contribution in [2.75, 3.05) is 6.54 Å². The Kier molecular flexibility index (Phi) is 13.8. The van der Waals surface area contributed by atoms with Crippen molar-refractivity contribution in [3.63, 3.8) is 0 Å². The molecule has 220 valence electrons. The van der Waals surface area contributed by atoms with Crippen LogP contribution in [0.3, 0.4) is 0 Å². The second-order valence-corrected chi connectivity index (χ2v) is 12.3. The zero-order valence-corrected chi connectivity index (χ0v) is 24.5. The molecule has 0 saturated heterocycles. The van der Waals surface area contributed by atoms with E-state index in [0.717, 1.165) is 31.2 Å². The van der Waals surface area contributed by atoms with Gasteiger partial charge in [-0.1, -0.05) is 76.3 Å². The van der Waals surface area contributed by atoms with Crippen molar-refractivity contribution >= 4 is 18.0 Å². The molecule has 0 radical (unpaired) electrons. The molecule has 2 amide bonds. The number of amides is 2. The minimum absolute atomic E-state index is 0.0695. The van der Waals surface area contributed by atoms with Gasteiger partial charge in [-0.3, -0.25) is 9.59 Å². The third-order valence-corrected chi connectivity index (χ3v) is 7.00. The van der Waals surface area contributed by atoms with Crippen LogP contribution >= 0.6 is 0 Å². The lowest BCUT2D eigenvalue weighted by molar-refractivity contribution is -0.144. The monoisotopic (exact) mass is 546 g/mol. The summed E-state index contributed by atoms with van der Waals surface area (Å²) in [7, 11) is 0. The molecule has 8 heteroatoms. The molecule has 0 aliphatic heterocycles. The Labute approximate surface area is 234 Å². The maximum absolute atomic E-state index is 13.1. The number of carbonyl (C=O) groups excluding carboxylic acids is 3. The Morgan fingerprint density at radius 3 is 2.31 bits per heavy atom. The molecule has 1 aliphatic carbocycles. The van der Waals surface area contributed by atoms with Crippen LogP contribution in [0.25, 0.3) is 0 Å². The molecule has 2 rings (SSSR count). The van der Waals surface area contributed by atoms with Crippen molar-refractivity contribution in [2.45, 2.75) is 117 Å². The molecular weight excluding hydrogens is 496 g/mol. The number of alkyl carbamates (subject to hydrolysis) is 1. The fourth-order valence-corrected chi connectivity index (χ4v) is 5.13. The lowest BCUT2D eigenvalue weighted by atomic mass is 9.81. The lowest BCUT2D eigenvalue weighted by Gasteiger charge is -2.32. The summed E-state index contributed by atoms with van der Waals surface area (Å²) < 4.78 is 10.8. The van der Waals surface area contributed by atoms with Gasteiger partial charge in [-0.2, -0.15) is 0 Å². The number of ether oxygens (including phenoxy) is 2. The topological polar surface area (TPSA) is 114 Å². The van der Waals surface area contributed by atoms with Gasteiger partial charge in [0.25, 0.3) is 0 Å².